The number of Topliss-reactive ketones (excluding diaryl/α,β-unsaturated/α-hetero) is 1. The van der Waals surface area contributed by atoms with Gasteiger partial charge in [-0.3, -0.25) is 4.79 Å². The van der Waals surface area contributed by atoms with Gasteiger partial charge in [0.2, 0.25) is 12.6 Å². The fourth-order valence-corrected chi connectivity index (χ4v) is 3.12. The minimum atomic E-state index is -0.548. The molecule has 2 aliphatic heterocycles. The first-order valence-electron chi connectivity index (χ1n) is 8.92. The van der Waals surface area contributed by atoms with Gasteiger partial charge in [-0.25, -0.2) is 4.79 Å². The van der Waals surface area contributed by atoms with Crippen molar-refractivity contribution in [3.8, 4) is 23.0 Å². The summed E-state index contributed by atoms with van der Waals surface area (Å²) in [5, 5.41) is 0. The van der Waals surface area contributed by atoms with E-state index in [-0.39, 0.29) is 24.1 Å². The number of carbonyl (C=O) groups excluding carboxylic acids is 2. The summed E-state index contributed by atoms with van der Waals surface area (Å²) < 4.78 is 21.6. The Bertz CT molecular complexity index is 1160. The van der Waals surface area contributed by atoms with Crippen LogP contribution in [0.2, 0.25) is 0 Å². The summed E-state index contributed by atoms with van der Waals surface area (Å²) in [6.45, 7) is 0.128. The average molecular weight is 386 g/mol. The molecule has 0 saturated heterocycles. The number of carbonyl (C=O) groups is 2. The first-order chi connectivity index (χ1) is 14.2. The minimum absolute atomic E-state index is 0.128. The van der Waals surface area contributed by atoms with Crippen molar-refractivity contribution in [2.24, 2.45) is 0 Å². The number of ketones is 1. The van der Waals surface area contributed by atoms with Gasteiger partial charge in [0.25, 0.3) is 0 Å². The molecule has 0 fully saturated rings. The van der Waals surface area contributed by atoms with E-state index in [1.165, 1.54) is 6.07 Å². The molecule has 2 heterocycles. The van der Waals surface area contributed by atoms with Crippen LogP contribution in [0.4, 0.5) is 0 Å². The van der Waals surface area contributed by atoms with Crippen LogP contribution in [0.1, 0.15) is 26.3 Å². The molecule has 0 atom stereocenters. The summed E-state index contributed by atoms with van der Waals surface area (Å²) in [5.74, 6) is 1.19. The van der Waals surface area contributed by atoms with Crippen molar-refractivity contribution in [2.45, 2.75) is 0 Å². The predicted octanol–water partition coefficient (Wildman–Crippen LogP) is 4.25. The van der Waals surface area contributed by atoms with Crippen molar-refractivity contribution in [3.05, 3.63) is 89.2 Å². The molecule has 0 amide bonds. The summed E-state index contributed by atoms with van der Waals surface area (Å²) in [6.07, 6.45) is 1.68. The topological polar surface area (TPSA) is 71.1 Å². The number of esters is 1. The van der Waals surface area contributed by atoms with Crippen LogP contribution in [0, 0.1) is 0 Å². The van der Waals surface area contributed by atoms with Crippen LogP contribution in [0.5, 0.6) is 23.0 Å². The van der Waals surface area contributed by atoms with Crippen LogP contribution in [0.25, 0.3) is 6.08 Å². The average Bonchev–Trinajstić information content (AvgIpc) is 3.33. The Kier molecular flexibility index (Phi) is 4.02. The largest absolute Gasteiger partial charge is 0.454 e. The second kappa shape index (κ2) is 6.83. The molecule has 0 bridgehead atoms. The molecule has 6 nitrogen and oxygen atoms in total. The number of allylic oxidation sites excluding steroid dienone is 1. The van der Waals surface area contributed by atoms with Crippen molar-refractivity contribution in [1.29, 1.82) is 0 Å². The third kappa shape index (κ3) is 3.21. The maximum absolute atomic E-state index is 12.5. The Balaban J connectivity index is 1.36. The summed E-state index contributed by atoms with van der Waals surface area (Å²) >= 11 is 0. The Hall–Kier alpha value is -4.06. The lowest BCUT2D eigenvalue weighted by Gasteiger charge is -2.06. The highest BCUT2D eigenvalue weighted by molar-refractivity contribution is 6.14. The minimum Gasteiger partial charge on any atom is -0.454 e. The number of ether oxygens (including phenoxy) is 4. The highest BCUT2D eigenvalue weighted by Crippen LogP contribution is 2.36. The van der Waals surface area contributed by atoms with Gasteiger partial charge in [-0.1, -0.05) is 30.3 Å². The maximum Gasteiger partial charge on any atom is 0.343 e. The van der Waals surface area contributed by atoms with Crippen LogP contribution in [0.3, 0.4) is 0 Å². The fraction of sp³-hybridized carbons (Fsp3) is 0.0435. The monoisotopic (exact) mass is 386 g/mol. The summed E-state index contributed by atoms with van der Waals surface area (Å²) in [4.78, 5) is 25.0. The summed E-state index contributed by atoms with van der Waals surface area (Å²) in [6, 6.07) is 18.9. The standard InChI is InChI=1S/C23H14O6/c24-22-17-8-7-16(12-19(17)29-21(22)10-14-4-2-1-3-5-14)28-23(25)15-6-9-18-20(11-15)27-13-26-18/h1-12H,13H2/b21-10-. The molecule has 0 spiro atoms. The van der Waals surface area contributed by atoms with Gasteiger partial charge in [0.1, 0.15) is 11.5 Å². The first kappa shape index (κ1) is 17.1. The van der Waals surface area contributed by atoms with Gasteiger partial charge in [0.15, 0.2) is 17.3 Å². The van der Waals surface area contributed by atoms with Gasteiger partial charge in [-0.15, -0.1) is 0 Å². The molecule has 0 N–H and O–H groups in total. The van der Waals surface area contributed by atoms with Crippen LogP contribution in [-0.2, 0) is 0 Å². The predicted molar refractivity (Wildman–Crippen MR) is 103 cm³/mol. The molecule has 0 aliphatic carbocycles. The zero-order valence-electron chi connectivity index (χ0n) is 15.1. The van der Waals surface area contributed by atoms with Crippen molar-refractivity contribution >= 4 is 17.8 Å². The smallest absolute Gasteiger partial charge is 0.343 e. The third-order valence-corrected chi connectivity index (χ3v) is 4.56. The molecule has 2 aliphatic rings. The van der Waals surface area contributed by atoms with E-state index in [0.29, 0.717) is 28.4 Å². The molecule has 6 heteroatoms. The summed E-state index contributed by atoms with van der Waals surface area (Å²) in [5.41, 5.74) is 1.62. The highest BCUT2D eigenvalue weighted by atomic mass is 16.7. The van der Waals surface area contributed by atoms with E-state index >= 15 is 0 Å². The fourth-order valence-electron chi connectivity index (χ4n) is 3.12. The van der Waals surface area contributed by atoms with Crippen molar-refractivity contribution in [2.75, 3.05) is 6.79 Å². The number of hydrogen-bond acceptors (Lipinski definition) is 6. The lowest BCUT2D eigenvalue weighted by atomic mass is 10.1. The molecule has 0 unspecified atom stereocenters. The van der Waals surface area contributed by atoms with E-state index in [4.69, 9.17) is 18.9 Å². The molecule has 142 valence electrons. The van der Waals surface area contributed by atoms with Crippen molar-refractivity contribution < 1.29 is 28.5 Å². The Morgan fingerprint density at radius 1 is 0.897 bits per heavy atom. The second-order valence-electron chi connectivity index (χ2n) is 6.47. The zero-order chi connectivity index (χ0) is 19.8. The van der Waals surface area contributed by atoms with E-state index in [2.05, 4.69) is 0 Å². The van der Waals surface area contributed by atoms with E-state index in [0.717, 1.165) is 5.56 Å². The quantitative estimate of drug-likeness (QED) is 0.381. The van der Waals surface area contributed by atoms with Gasteiger partial charge >= 0.3 is 5.97 Å². The molecule has 0 saturated carbocycles. The third-order valence-electron chi connectivity index (χ3n) is 4.56. The molecular weight excluding hydrogens is 372 g/mol. The van der Waals surface area contributed by atoms with E-state index in [1.807, 2.05) is 30.3 Å². The Labute approximate surface area is 165 Å². The lowest BCUT2D eigenvalue weighted by Crippen LogP contribution is -2.08. The maximum atomic E-state index is 12.5. The lowest BCUT2D eigenvalue weighted by molar-refractivity contribution is 0.0734. The van der Waals surface area contributed by atoms with E-state index < -0.39 is 5.97 Å². The Morgan fingerprint density at radius 2 is 1.72 bits per heavy atom. The van der Waals surface area contributed by atoms with E-state index in [1.54, 1.807) is 36.4 Å². The normalized spacial score (nSPS) is 15.2. The van der Waals surface area contributed by atoms with Gasteiger partial charge in [-0.2, -0.15) is 0 Å². The molecule has 3 aromatic carbocycles. The van der Waals surface area contributed by atoms with Crippen LogP contribution in [-0.4, -0.2) is 18.5 Å². The second-order valence-corrected chi connectivity index (χ2v) is 6.47. The van der Waals surface area contributed by atoms with Gasteiger partial charge in [0, 0.05) is 6.07 Å². The van der Waals surface area contributed by atoms with Crippen molar-refractivity contribution in [3.63, 3.8) is 0 Å². The molecule has 0 aromatic heterocycles. The van der Waals surface area contributed by atoms with Gasteiger partial charge in [-0.05, 0) is 42.0 Å². The molecule has 5 rings (SSSR count). The van der Waals surface area contributed by atoms with Crippen LogP contribution >= 0.6 is 0 Å². The highest BCUT2D eigenvalue weighted by Gasteiger charge is 2.28. The van der Waals surface area contributed by atoms with Gasteiger partial charge < -0.3 is 18.9 Å². The zero-order valence-corrected chi connectivity index (χ0v) is 15.1. The van der Waals surface area contributed by atoms with Crippen molar-refractivity contribution in [1.82, 2.24) is 0 Å². The molecule has 3 aromatic rings. The van der Waals surface area contributed by atoms with E-state index in [9.17, 15) is 9.59 Å². The Morgan fingerprint density at radius 3 is 2.59 bits per heavy atom. The number of hydrogen-bond donors (Lipinski definition) is 0. The van der Waals surface area contributed by atoms with Crippen LogP contribution in [0.15, 0.2) is 72.5 Å². The molecule has 29 heavy (non-hydrogen) atoms. The number of fused-ring (bicyclic) bond motifs is 2. The molecular formula is C23H14O6. The molecule has 0 radical (unpaired) electrons. The number of rotatable bonds is 3. The summed E-state index contributed by atoms with van der Waals surface area (Å²) in [7, 11) is 0. The first-order valence-corrected chi connectivity index (χ1v) is 8.92. The SMILES string of the molecule is O=C(Oc1ccc2c(c1)O/C(=C\c1ccccc1)C2=O)c1ccc2c(c1)OCO2. The van der Waals surface area contributed by atoms with Crippen LogP contribution < -0.4 is 18.9 Å². The number of benzene rings is 3. The van der Waals surface area contributed by atoms with Gasteiger partial charge in [0.05, 0.1) is 11.1 Å².